The smallest absolute Gasteiger partial charge is 0.254 e. The molecule has 13 heteroatoms. The molecular formula is C28H35BrN8O4. The number of ether oxygens (including phenoxy) is 1. The topological polar surface area (TPSA) is 161 Å². The van der Waals surface area contributed by atoms with Gasteiger partial charge in [-0.1, -0.05) is 22.0 Å². The Labute approximate surface area is 246 Å². The number of aromatic nitrogens is 2. The van der Waals surface area contributed by atoms with Crippen LogP contribution in [0.1, 0.15) is 17.5 Å². The number of nitrogens with zero attached hydrogens (tertiary/aromatic N) is 4. The summed E-state index contributed by atoms with van der Waals surface area (Å²) < 4.78 is 6.72. The van der Waals surface area contributed by atoms with Gasteiger partial charge in [0.2, 0.25) is 5.95 Å². The van der Waals surface area contributed by atoms with Gasteiger partial charge >= 0.3 is 0 Å². The molecule has 2 aromatic carbocycles. The van der Waals surface area contributed by atoms with Crippen molar-refractivity contribution < 1.29 is 19.4 Å². The predicted octanol–water partition coefficient (Wildman–Crippen LogP) is 1.33. The molecule has 0 bridgehead atoms. The minimum Gasteiger partial charge on any atom is -0.493 e. The van der Waals surface area contributed by atoms with Crippen LogP contribution in [0.3, 0.4) is 0 Å². The summed E-state index contributed by atoms with van der Waals surface area (Å²) in [6, 6.07) is 9.85. The normalized spacial score (nSPS) is 21.2. The molecule has 0 radical (unpaired) electrons. The van der Waals surface area contributed by atoms with E-state index in [9.17, 15) is 9.59 Å². The number of anilines is 1. The van der Waals surface area contributed by atoms with E-state index in [-0.39, 0.29) is 12.6 Å². The van der Waals surface area contributed by atoms with Gasteiger partial charge in [-0.25, -0.2) is 4.98 Å². The molecule has 218 valence electrons. The second-order valence-corrected chi connectivity index (χ2v) is 11.2. The Morgan fingerprint density at radius 1 is 1.17 bits per heavy atom. The number of rotatable bonds is 11. The first-order valence-corrected chi connectivity index (χ1v) is 14.4. The highest BCUT2D eigenvalue weighted by atomic mass is 79.9. The Morgan fingerprint density at radius 3 is 2.66 bits per heavy atom. The molecule has 3 aromatic rings. The Balaban J connectivity index is 1.20. The summed E-state index contributed by atoms with van der Waals surface area (Å²) >= 11 is 3.44. The summed E-state index contributed by atoms with van der Waals surface area (Å²) in [6.45, 7) is 8.29. The van der Waals surface area contributed by atoms with E-state index in [0.717, 1.165) is 55.7 Å². The zero-order valence-corrected chi connectivity index (χ0v) is 24.5. The number of imidazole rings is 1. The van der Waals surface area contributed by atoms with Crippen molar-refractivity contribution in [3.63, 3.8) is 0 Å². The summed E-state index contributed by atoms with van der Waals surface area (Å²) in [7, 11) is 0. The number of halogens is 1. The Bertz CT molecular complexity index is 1440. The number of carbonyl (C=O) groups excluding carboxylic acids is 2. The van der Waals surface area contributed by atoms with E-state index in [1.54, 1.807) is 6.07 Å². The van der Waals surface area contributed by atoms with Crippen LogP contribution < -0.4 is 21.1 Å². The van der Waals surface area contributed by atoms with Crippen LogP contribution in [-0.2, 0) is 15.1 Å². The molecule has 2 aliphatic rings. The molecule has 0 spiro atoms. The predicted molar refractivity (Wildman–Crippen MR) is 160 cm³/mol. The van der Waals surface area contributed by atoms with Crippen LogP contribution in [0.4, 0.5) is 5.95 Å². The van der Waals surface area contributed by atoms with Gasteiger partial charge < -0.3 is 30.8 Å². The van der Waals surface area contributed by atoms with Gasteiger partial charge in [-0.2, -0.15) is 0 Å². The first-order valence-electron chi connectivity index (χ1n) is 13.6. The lowest BCUT2D eigenvalue weighted by atomic mass is 9.80. The number of carbonyl (C=O) groups is 2. The highest BCUT2D eigenvalue weighted by Crippen LogP contribution is 2.34. The van der Waals surface area contributed by atoms with Gasteiger partial charge in [0.25, 0.3) is 11.8 Å². The third-order valence-electron chi connectivity index (χ3n) is 7.65. The van der Waals surface area contributed by atoms with Crippen molar-refractivity contribution in [1.82, 2.24) is 25.1 Å². The molecule has 2 atom stereocenters. The highest BCUT2D eigenvalue weighted by Gasteiger charge is 2.53. The molecular weight excluding hydrogens is 592 g/mol. The van der Waals surface area contributed by atoms with E-state index in [1.807, 2.05) is 37.3 Å². The molecule has 3 heterocycles. The van der Waals surface area contributed by atoms with Gasteiger partial charge in [-0.3, -0.25) is 24.8 Å². The number of amides is 2. The summed E-state index contributed by atoms with van der Waals surface area (Å²) in [5, 5.41) is 14.8. The monoisotopic (exact) mass is 626 g/mol. The van der Waals surface area contributed by atoms with Gasteiger partial charge in [-0.15, -0.1) is 0 Å². The van der Waals surface area contributed by atoms with Crippen molar-refractivity contribution in [1.29, 1.82) is 0 Å². The van der Waals surface area contributed by atoms with Crippen LogP contribution in [-0.4, -0.2) is 102 Å². The van der Waals surface area contributed by atoms with Crippen molar-refractivity contribution in [3.05, 3.63) is 52.0 Å². The van der Waals surface area contributed by atoms with Gasteiger partial charge in [0, 0.05) is 49.8 Å². The molecule has 2 aliphatic heterocycles. The fourth-order valence-corrected chi connectivity index (χ4v) is 5.79. The van der Waals surface area contributed by atoms with Crippen LogP contribution >= 0.6 is 15.9 Å². The number of H-pyrrole nitrogens is 1. The zero-order valence-electron chi connectivity index (χ0n) is 22.9. The molecule has 6 N–H and O–H groups in total. The number of nitrogens with one attached hydrogen (secondary N) is 3. The van der Waals surface area contributed by atoms with Crippen LogP contribution in [0.2, 0.25) is 0 Å². The Kier molecular flexibility index (Phi) is 8.88. The number of benzene rings is 2. The number of piperazine rings is 1. The summed E-state index contributed by atoms with van der Waals surface area (Å²) in [5.74, 6) is -0.313. The number of aromatic amines is 1. The molecule has 0 saturated carbocycles. The minimum absolute atomic E-state index is 0.206. The maximum atomic E-state index is 13.4. The van der Waals surface area contributed by atoms with Gasteiger partial charge in [0.1, 0.15) is 5.75 Å². The second-order valence-electron chi connectivity index (χ2n) is 10.3. The van der Waals surface area contributed by atoms with Gasteiger partial charge in [-0.05, 0) is 48.7 Å². The van der Waals surface area contributed by atoms with E-state index in [1.165, 1.54) is 6.34 Å². The Hall–Kier alpha value is -3.52. The summed E-state index contributed by atoms with van der Waals surface area (Å²) in [5.41, 5.74) is 7.04. The fraction of sp³-hybridized carbons (Fsp3) is 0.429. The maximum Gasteiger partial charge on any atom is 0.254 e. The molecule has 0 aliphatic carbocycles. The third-order valence-corrected chi connectivity index (χ3v) is 8.14. The molecule has 41 heavy (non-hydrogen) atoms. The number of aryl methyl sites for hydroxylation is 1. The number of fused-ring (bicyclic) bond motifs is 1. The second kappa shape index (κ2) is 12.6. The maximum absolute atomic E-state index is 13.4. The lowest BCUT2D eigenvalue weighted by Gasteiger charge is -2.34. The minimum atomic E-state index is -1.54. The number of hydrogen-bond acceptors (Lipinski definition) is 9. The lowest BCUT2D eigenvalue weighted by Crippen LogP contribution is -2.59. The third kappa shape index (κ3) is 6.22. The fourth-order valence-electron chi connectivity index (χ4n) is 5.43. The Morgan fingerprint density at radius 2 is 1.93 bits per heavy atom. The molecule has 1 aromatic heterocycles. The van der Waals surface area contributed by atoms with E-state index in [2.05, 4.69) is 51.3 Å². The number of aliphatic hydroxyl groups excluding tert-OH is 1. The summed E-state index contributed by atoms with van der Waals surface area (Å²) in [4.78, 5) is 42.8. The number of nitrogens with two attached hydrogens (primary N) is 1. The van der Waals surface area contributed by atoms with Crippen molar-refractivity contribution in [2.45, 2.75) is 24.9 Å². The largest absolute Gasteiger partial charge is 0.493 e. The van der Waals surface area contributed by atoms with Crippen molar-refractivity contribution >= 4 is 51.1 Å². The SMILES string of the molecule is Cc1ccc(Br)cc1C1(C(N)=O)NC=NC1C(=O)Nc1nc2ccc(OCCCN3CCN(CCO)CC3)cc2[nH]1. The number of hydrogen-bond donors (Lipinski definition) is 5. The van der Waals surface area contributed by atoms with E-state index in [0.29, 0.717) is 29.0 Å². The highest BCUT2D eigenvalue weighted by molar-refractivity contribution is 9.10. The molecule has 5 rings (SSSR count). The zero-order chi connectivity index (χ0) is 29.0. The molecule has 2 unspecified atom stereocenters. The van der Waals surface area contributed by atoms with Crippen LogP contribution in [0.25, 0.3) is 11.0 Å². The molecule has 1 saturated heterocycles. The van der Waals surface area contributed by atoms with Gasteiger partial charge in [0.05, 0.1) is 30.6 Å². The first-order chi connectivity index (χ1) is 19.8. The van der Waals surface area contributed by atoms with Crippen LogP contribution in [0.15, 0.2) is 45.9 Å². The van der Waals surface area contributed by atoms with Crippen molar-refractivity contribution in [2.75, 3.05) is 57.8 Å². The standard InChI is InChI=1S/C28H35BrN8O4/c1-18-3-4-19(29)15-21(18)28(26(30)40)24(31-17-32-28)25(39)35-27-33-22-6-5-20(16-23(22)34-27)41-14-2-7-36-8-10-37(11-9-36)12-13-38/h3-6,15-17,24,38H,2,7-14H2,1H3,(H2,30,40)(H,31,32)(H2,33,34,35,39). The molecule has 2 amide bonds. The molecule has 12 nitrogen and oxygen atoms in total. The lowest BCUT2D eigenvalue weighted by molar-refractivity contribution is -0.129. The first kappa shape index (κ1) is 29.0. The van der Waals surface area contributed by atoms with Gasteiger partial charge in [0.15, 0.2) is 11.6 Å². The van der Waals surface area contributed by atoms with E-state index < -0.39 is 23.4 Å². The van der Waals surface area contributed by atoms with Crippen LogP contribution in [0.5, 0.6) is 5.75 Å². The van der Waals surface area contributed by atoms with Crippen molar-refractivity contribution in [2.24, 2.45) is 10.7 Å². The van der Waals surface area contributed by atoms with E-state index in [4.69, 9.17) is 15.6 Å². The quantitative estimate of drug-likeness (QED) is 0.199. The van der Waals surface area contributed by atoms with Crippen molar-refractivity contribution in [3.8, 4) is 5.75 Å². The van der Waals surface area contributed by atoms with Crippen LogP contribution in [0, 0.1) is 6.92 Å². The average molecular weight is 628 g/mol. The number of aliphatic hydroxyl groups is 1. The average Bonchev–Trinajstić information content (AvgIpc) is 3.58. The number of β-amino-alcohol motifs (C(OH)–C–C–N with tert-alkyl or cyclic N) is 1. The summed E-state index contributed by atoms with van der Waals surface area (Å²) in [6.07, 6.45) is 2.24. The van der Waals surface area contributed by atoms with E-state index >= 15 is 0 Å². The number of primary amides is 1. The molecule has 1 fully saturated rings. The number of aliphatic imine (C=N–C) groups is 1.